The van der Waals surface area contributed by atoms with Crippen LogP contribution in [0.5, 0.6) is 0 Å². The summed E-state index contributed by atoms with van der Waals surface area (Å²) in [4.78, 5) is 0. The number of halogens is 5. The second-order valence-corrected chi connectivity index (χ2v) is 3.32. The van der Waals surface area contributed by atoms with Crippen LogP contribution in [0.4, 0.5) is 17.3 Å². The zero-order valence-corrected chi connectivity index (χ0v) is 4.66. The molecule has 0 rings (SSSR count). The van der Waals surface area contributed by atoms with Crippen molar-refractivity contribution in [3.8, 4) is 0 Å². The van der Waals surface area contributed by atoms with Crippen LogP contribution in [0.15, 0.2) is 0 Å². The maximum absolute atomic E-state index is 9.89. The van der Waals surface area contributed by atoms with Crippen molar-refractivity contribution in [2.24, 2.45) is 0 Å². The van der Waals surface area contributed by atoms with Gasteiger partial charge in [-0.05, 0) is 0 Å². The summed E-state index contributed by atoms with van der Waals surface area (Å²) in [5.41, 5.74) is 0. The Morgan fingerprint density at radius 1 is 0.714 bits per heavy atom. The van der Waals surface area contributed by atoms with E-state index in [1.165, 1.54) is 0 Å². The van der Waals surface area contributed by atoms with E-state index in [4.69, 9.17) is 0 Å². The fourth-order valence-electron chi connectivity index (χ4n) is 0. The molecular formula is AsF5N. The Bertz CT molecular complexity index is 41.3. The zero-order chi connectivity index (χ0) is 5.45. The maximum atomic E-state index is 9.89. The SMILES string of the molecule is F[As](F)(F)(F)F.[N]. The van der Waals surface area contributed by atoms with Gasteiger partial charge in [0.25, 0.3) is 0 Å². The summed E-state index contributed by atoms with van der Waals surface area (Å²) in [5, 5.41) is 0. The Morgan fingerprint density at radius 3 is 0.714 bits per heavy atom. The predicted octanol–water partition coefficient (Wildman–Crippen LogP) is 1.24. The molecule has 0 aliphatic rings. The van der Waals surface area contributed by atoms with Gasteiger partial charge in [0.15, 0.2) is 0 Å². The van der Waals surface area contributed by atoms with Gasteiger partial charge in [0.1, 0.15) is 0 Å². The predicted molar refractivity (Wildman–Crippen MR) is 13.4 cm³/mol. The second kappa shape index (κ2) is 1.59. The molecule has 7 heteroatoms. The largest absolute Gasteiger partial charge is 0 e. The van der Waals surface area contributed by atoms with E-state index < -0.39 is 14.8 Å². The molecular weight excluding hydrogens is 184 g/mol. The number of rotatable bonds is 0. The van der Waals surface area contributed by atoms with E-state index in [1.54, 1.807) is 0 Å². The standard InChI is InChI=1S/AsF5.N/c2-1(3,4,5)6;. The van der Waals surface area contributed by atoms with E-state index in [1.807, 2.05) is 0 Å². The van der Waals surface area contributed by atoms with Crippen LogP contribution in [0.25, 0.3) is 0 Å². The van der Waals surface area contributed by atoms with Crippen LogP contribution in [0, 0.1) is 0 Å². The minimum Gasteiger partial charge on any atom is 0 e. The third-order valence-electron chi connectivity index (χ3n) is 0. The number of nitrogens with zero attached hydrogens (tertiary/aromatic N) is 1. The van der Waals surface area contributed by atoms with Gasteiger partial charge in [-0.3, -0.25) is 0 Å². The molecule has 0 bridgehead atoms. The maximum Gasteiger partial charge on any atom is 0 e. The van der Waals surface area contributed by atoms with Crippen LogP contribution in [0.2, 0.25) is 0 Å². The van der Waals surface area contributed by atoms with Gasteiger partial charge in [-0.25, -0.2) is 0 Å². The zero-order valence-electron chi connectivity index (χ0n) is 2.78. The summed E-state index contributed by atoms with van der Waals surface area (Å²) < 4.78 is 49.4. The molecule has 0 fully saturated rings. The Kier molecular flexibility index (Phi) is 2.32. The van der Waals surface area contributed by atoms with Crippen LogP contribution in [-0.2, 0) is 0 Å². The van der Waals surface area contributed by atoms with Crippen molar-refractivity contribution in [2.75, 3.05) is 0 Å². The van der Waals surface area contributed by atoms with Gasteiger partial charge in [0.05, 0.1) is 0 Å². The van der Waals surface area contributed by atoms with Crippen molar-refractivity contribution in [1.29, 1.82) is 0 Å². The van der Waals surface area contributed by atoms with Crippen LogP contribution in [0.3, 0.4) is 0 Å². The molecule has 45 valence electrons. The molecule has 7 heavy (non-hydrogen) atoms. The van der Waals surface area contributed by atoms with Gasteiger partial charge in [-0.15, -0.1) is 0 Å². The summed E-state index contributed by atoms with van der Waals surface area (Å²) in [6, 6.07) is 0. The van der Waals surface area contributed by atoms with E-state index in [0.717, 1.165) is 0 Å². The average Bonchev–Trinajstić information content (AvgIpc) is 0.650. The molecule has 0 spiro atoms. The average molecular weight is 184 g/mol. The van der Waals surface area contributed by atoms with Crippen LogP contribution >= 0.6 is 0 Å². The van der Waals surface area contributed by atoms with Crippen molar-refractivity contribution in [3.63, 3.8) is 0 Å². The van der Waals surface area contributed by atoms with E-state index in [-0.39, 0.29) is 6.15 Å². The van der Waals surface area contributed by atoms with Crippen LogP contribution < -0.4 is 6.15 Å². The molecule has 0 aromatic heterocycles. The molecule has 0 saturated heterocycles. The molecule has 3 radical (unpaired) electrons. The Morgan fingerprint density at radius 2 is 0.714 bits per heavy atom. The molecule has 0 aromatic rings. The third kappa shape index (κ3) is 3780. The van der Waals surface area contributed by atoms with E-state index >= 15 is 0 Å². The van der Waals surface area contributed by atoms with Crippen molar-refractivity contribution in [2.45, 2.75) is 0 Å². The Hall–Kier alpha value is 0.168. The number of hydrogen-bond acceptors (Lipinski definition) is 0. The van der Waals surface area contributed by atoms with Gasteiger partial charge < -0.3 is 0 Å². The first kappa shape index (κ1) is 10.2. The molecule has 0 aliphatic heterocycles. The monoisotopic (exact) mass is 184 g/mol. The molecule has 0 heterocycles. The molecule has 0 aromatic carbocycles. The molecule has 0 amide bonds. The van der Waals surface area contributed by atoms with Gasteiger partial charge in [-0.1, -0.05) is 0 Å². The summed E-state index contributed by atoms with van der Waals surface area (Å²) in [7, 11) is 0. The molecule has 1 nitrogen and oxygen atoms in total. The molecule has 0 saturated carbocycles. The van der Waals surface area contributed by atoms with E-state index in [9.17, 15) is 17.3 Å². The fraction of sp³-hybridized carbons (Fsp3) is 0. The first-order valence-electron chi connectivity index (χ1n) is 0.845. The minimum absolute atomic E-state index is 0. The number of hydrogen-bond donors (Lipinski definition) is 0. The smallest absolute Gasteiger partial charge is 0 e. The van der Waals surface area contributed by atoms with Crippen molar-refractivity contribution < 1.29 is 17.3 Å². The normalized spacial score (nSPS) is 16.4. The van der Waals surface area contributed by atoms with Crippen molar-refractivity contribution >= 4 is 14.8 Å². The van der Waals surface area contributed by atoms with Crippen LogP contribution in [0.1, 0.15) is 0 Å². The molecule has 0 aliphatic carbocycles. The Balaban J connectivity index is 0. The van der Waals surface area contributed by atoms with Gasteiger partial charge in [-0.2, -0.15) is 0 Å². The third-order valence-corrected chi connectivity index (χ3v) is 0. The molecule has 0 N–H and O–H groups in total. The van der Waals surface area contributed by atoms with E-state index in [2.05, 4.69) is 0 Å². The molecule has 0 atom stereocenters. The van der Waals surface area contributed by atoms with E-state index in [0.29, 0.717) is 0 Å². The second-order valence-electron chi connectivity index (χ2n) is 0.639. The minimum atomic E-state index is -8.99. The summed E-state index contributed by atoms with van der Waals surface area (Å²) in [5.74, 6) is 0. The fourth-order valence-corrected chi connectivity index (χ4v) is 0. The first-order chi connectivity index (χ1) is 2.24. The van der Waals surface area contributed by atoms with Crippen molar-refractivity contribution in [1.82, 2.24) is 6.15 Å². The Labute approximate surface area is 39.2 Å². The van der Waals surface area contributed by atoms with Gasteiger partial charge in [0.2, 0.25) is 0 Å². The quantitative estimate of drug-likeness (QED) is 0.400. The summed E-state index contributed by atoms with van der Waals surface area (Å²) in [6.45, 7) is 0. The topological polar surface area (TPSA) is 30.5 Å². The first-order valence-corrected chi connectivity index (χ1v) is 4.39. The molecule has 0 unspecified atom stereocenters. The van der Waals surface area contributed by atoms with Gasteiger partial charge >= 0.3 is 32.1 Å². The summed E-state index contributed by atoms with van der Waals surface area (Å²) >= 11 is -8.99. The van der Waals surface area contributed by atoms with Crippen molar-refractivity contribution in [3.05, 3.63) is 0 Å². The summed E-state index contributed by atoms with van der Waals surface area (Å²) in [6.07, 6.45) is 0. The van der Waals surface area contributed by atoms with Crippen LogP contribution in [-0.4, -0.2) is 14.8 Å². The van der Waals surface area contributed by atoms with Gasteiger partial charge in [0, 0.05) is 6.15 Å².